The highest BCUT2D eigenvalue weighted by molar-refractivity contribution is 7.90. The molecule has 9 nitrogen and oxygen atoms in total. The van der Waals surface area contributed by atoms with Gasteiger partial charge in [0.15, 0.2) is 5.69 Å². The van der Waals surface area contributed by atoms with Gasteiger partial charge in [-0.15, -0.1) is 0 Å². The highest BCUT2D eigenvalue weighted by Crippen LogP contribution is 2.38. The maximum atomic E-state index is 13.2. The minimum Gasteiger partial charge on any atom is -0.381 e. The Morgan fingerprint density at radius 1 is 1.06 bits per heavy atom. The first-order valence-corrected chi connectivity index (χ1v) is 12.3. The largest absolute Gasteiger partial charge is 0.381 e. The highest BCUT2D eigenvalue weighted by atomic mass is 35.5. The van der Waals surface area contributed by atoms with Crippen LogP contribution in [0.5, 0.6) is 0 Å². The number of sulfone groups is 1. The lowest BCUT2D eigenvalue weighted by atomic mass is 10.1. The Hall–Kier alpha value is -3.08. The molecule has 11 heteroatoms. The van der Waals surface area contributed by atoms with E-state index in [1.807, 2.05) is 0 Å². The predicted octanol–water partition coefficient (Wildman–Crippen LogP) is 4.27. The zero-order valence-corrected chi connectivity index (χ0v) is 19.1. The van der Waals surface area contributed by atoms with Crippen LogP contribution in [-0.4, -0.2) is 42.6 Å². The van der Waals surface area contributed by atoms with Crippen molar-refractivity contribution in [2.45, 2.75) is 29.8 Å². The molecule has 172 valence electrons. The Bertz CT molecular complexity index is 1270. The van der Waals surface area contributed by atoms with Gasteiger partial charge in [-0.3, -0.25) is 10.1 Å². The van der Waals surface area contributed by atoms with Crippen LogP contribution in [0.4, 0.5) is 11.5 Å². The number of nitrogens with zero attached hydrogens (tertiary/aromatic N) is 3. The summed E-state index contributed by atoms with van der Waals surface area (Å²) in [5, 5.41) is 14.9. The summed E-state index contributed by atoms with van der Waals surface area (Å²) in [5.74, 6) is -0.493. The molecule has 0 aliphatic carbocycles. The predicted molar refractivity (Wildman–Crippen MR) is 124 cm³/mol. The van der Waals surface area contributed by atoms with E-state index in [0.29, 0.717) is 31.6 Å². The van der Waals surface area contributed by atoms with Gasteiger partial charge in [-0.25, -0.2) is 13.4 Å². The molecule has 1 aromatic heterocycles. The number of nitrogens with one attached hydrogen (secondary N) is 1. The van der Waals surface area contributed by atoms with Gasteiger partial charge in [-0.2, -0.15) is 4.98 Å². The third-order valence-electron chi connectivity index (χ3n) is 5.21. The van der Waals surface area contributed by atoms with Crippen LogP contribution >= 0.6 is 11.6 Å². The van der Waals surface area contributed by atoms with Crippen LogP contribution < -0.4 is 5.32 Å². The molecular formula is C22H21ClN4O5S. The number of rotatable bonds is 7. The fraction of sp³-hybridized carbons (Fsp3) is 0.273. The number of hydrogen-bond donors (Lipinski definition) is 1. The molecule has 2 aromatic carbocycles. The van der Waals surface area contributed by atoms with E-state index in [4.69, 9.17) is 16.3 Å². The van der Waals surface area contributed by atoms with Crippen LogP contribution in [0.25, 0.3) is 11.3 Å². The Balaban J connectivity index is 1.88. The molecule has 33 heavy (non-hydrogen) atoms. The third kappa shape index (κ3) is 5.29. The first-order chi connectivity index (χ1) is 15.8. The normalized spacial score (nSPS) is 14.7. The van der Waals surface area contributed by atoms with Crippen molar-refractivity contribution < 1.29 is 18.1 Å². The fourth-order valence-electron chi connectivity index (χ4n) is 3.58. The van der Waals surface area contributed by atoms with Gasteiger partial charge < -0.3 is 10.1 Å². The van der Waals surface area contributed by atoms with Crippen molar-refractivity contribution in [1.29, 1.82) is 0 Å². The molecule has 1 aliphatic heterocycles. The second-order valence-corrected chi connectivity index (χ2v) is 9.86. The van der Waals surface area contributed by atoms with Gasteiger partial charge in [0.25, 0.3) is 0 Å². The summed E-state index contributed by atoms with van der Waals surface area (Å²) >= 11 is 6.31. The van der Waals surface area contributed by atoms with Crippen LogP contribution in [-0.2, 0) is 20.3 Å². The van der Waals surface area contributed by atoms with E-state index in [2.05, 4.69) is 15.3 Å². The summed E-state index contributed by atoms with van der Waals surface area (Å²) < 4.78 is 31.8. The van der Waals surface area contributed by atoms with E-state index >= 15 is 0 Å². The number of nitro groups is 1. The SMILES string of the molecule is O=[N+]([O-])c1c(NC2CCOCC2)nc(S(=O)(=O)Cc2ccccc2)nc1-c1ccccc1Cl. The zero-order chi connectivity index (χ0) is 23.4. The molecule has 0 amide bonds. The average Bonchev–Trinajstić information content (AvgIpc) is 2.80. The minimum absolute atomic E-state index is 0.150. The second-order valence-electron chi connectivity index (χ2n) is 7.56. The third-order valence-corrected chi connectivity index (χ3v) is 7.00. The molecule has 3 aromatic rings. The second kappa shape index (κ2) is 9.82. The monoisotopic (exact) mass is 488 g/mol. The first kappa shape index (κ1) is 23.1. The molecule has 0 saturated carbocycles. The number of anilines is 1. The standard InChI is InChI=1S/C22H21ClN4O5S/c23-18-9-5-4-8-17(18)19-20(27(28)29)21(24-16-10-12-32-13-11-16)26-22(25-19)33(30,31)14-15-6-2-1-3-7-15/h1-9,16H,10-14H2,(H,24,25,26). The Morgan fingerprint density at radius 3 is 2.39 bits per heavy atom. The van der Waals surface area contributed by atoms with E-state index in [1.54, 1.807) is 54.6 Å². The molecule has 1 aliphatic rings. The summed E-state index contributed by atoms with van der Waals surface area (Å²) in [6, 6.07) is 14.9. The molecule has 2 heterocycles. The number of benzene rings is 2. The number of ether oxygens (including phenoxy) is 1. The van der Waals surface area contributed by atoms with E-state index in [1.165, 1.54) is 0 Å². The van der Waals surface area contributed by atoms with Crippen molar-refractivity contribution in [3.05, 3.63) is 75.3 Å². The van der Waals surface area contributed by atoms with Gasteiger partial charge in [0.05, 0.1) is 15.7 Å². The average molecular weight is 489 g/mol. The van der Waals surface area contributed by atoms with Gasteiger partial charge in [-0.05, 0) is 24.5 Å². The van der Waals surface area contributed by atoms with E-state index in [-0.39, 0.29) is 33.9 Å². The maximum Gasteiger partial charge on any atom is 0.337 e. The summed E-state index contributed by atoms with van der Waals surface area (Å²) in [4.78, 5) is 19.8. The minimum atomic E-state index is -4.02. The molecule has 0 spiro atoms. The van der Waals surface area contributed by atoms with Crippen molar-refractivity contribution in [3.8, 4) is 11.3 Å². The Morgan fingerprint density at radius 2 is 1.73 bits per heavy atom. The topological polar surface area (TPSA) is 124 Å². The summed E-state index contributed by atoms with van der Waals surface area (Å²) in [6.45, 7) is 0.986. The molecule has 0 unspecified atom stereocenters. The maximum absolute atomic E-state index is 13.2. The van der Waals surface area contributed by atoms with Crippen molar-refractivity contribution >= 4 is 32.9 Å². The Kier molecular flexibility index (Phi) is 6.87. The van der Waals surface area contributed by atoms with Gasteiger partial charge >= 0.3 is 5.69 Å². The molecule has 1 N–H and O–H groups in total. The smallest absolute Gasteiger partial charge is 0.337 e. The quantitative estimate of drug-likeness (QED) is 0.297. The first-order valence-electron chi connectivity index (χ1n) is 10.3. The fourth-order valence-corrected chi connectivity index (χ4v) is 5.03. The lowest BCUT2D eigenvalue weighted by Crippen LogP contribution is -2.29. The van der Waals surface area contributed by atoms with Gasteiger partial charge in [0.1, 0.15) is 0 Å². The van der Waals surface area contributed by atoms with Crippen LogP contribution in [0.1, 0.15) is 18.4 Å². The molecule has 0 radical (unpaired) electrons. The van der Waals surface area contributed by atoms with Crippen molar-refractivity contribution in [2.75, 3.05) is 18.5 Å². The molecule has 0 atom stereocenters. The lowest BCUT2D eigenvalue weighted by Gasteiger charge is -2.24. The number of halogens is 1. The van der Waals surface area contributed by atoms with E-state index < -0.39 is 25.6 Å². The molecule has 1 saturated heterocycles. The van der Waals surface area contributed by atoms with Crippen LogP contribution in [0, 0.1) is 10.1 Å². The summed E-state index contributed by atoms with van der Waals surface area (Å²) in [7, 11) is -4.02. The van der Waals surface area contributed by atoms with Crippen LogP contribution in [0.15, 0.2) is 59.8 Å². The highest BCUT2D eigenvalue weighted by Gasteiger charge is 2.32. The number of aromatic nitrogens is 2. The van der Waals surface area contributed by atoms with Gasteiger partial charge in [-0.1, -0.05) is 60.1 Å². The van der Waals surface area contributed by atoms with Crippen LogP contribution in [0.3, 0.4) is 0 Å². The summed E-state index contributed by atoms with van der Waals surface area (Å²) in [5.41, 5.74) is 0.229. The molecule has 0 bridgehead atoms. The van der Waals surface area contributed by atoms with Crippen molar-refractivity contribution in [3.63, 3.8) is 0 Å². The van der Waals surface area contributed by atoms with E-state index in [0.717, 1.165) is 0 Å². The van der Waals surface area contributed by atoms with Gasteiger partial charge in [0.2, 0.25) is 20.8 Å². The molecular weight excluding hydrogens is 468 g/mol. The van der Waals surface area contributed by atoms with Crippen molar-refractivity contribution in [1.82, 2.24) is 9.97 Å². The van der Waals surface area contributed by atoms with E-state index in [9.17, 15) is 18.5 Å². The number of hydrogen-bond acceptors (Lipinski definition) is 8. The molecule has 4 rings (SSSR count). The molecule has 1 fully saturated rings. The lowest BCUT2D eigenvalue weighted by molar-refractivity contribution is -0.383. The Labute approximate surface area is 195 Å². The van der Waals surface area contributed by atoms with Crippen LogP contribution in [0.2, 0.25) is 5.02 Å². The van der Waals surface area contributed by atoms with Gasteiger partial charge in [0, 0.05) is 24.8 Å². The zero-order valence-electron chi connectivity index (χ0n) is 17.5. The van der Waals surface area contributed by atoms with Crippen molar-refractivity contribution in [2.24, 2.45) is 0 Å². The summed E-state index contributed by atoms with van der Waals surface area (Å²) in [6.07, 6.45) is 1.21.